The van der Waals surface area contributed by atoms with E-state index in [4.69, 9.17) is 5.21 Å². The molecule has 0 spiro atoms. The van der Waals surface area contributed by atoms with Crippen molar-refractivity contribution in [2.24, 2.45) is 0 Å². The molecule has 1 aliphatic rings. The van der Waals surface area contributed by atoms with Gasteiger partial charge in [-0.15, -0.1) is 11.3 Å². The first-order valence-electron chi connectivity index (χ1n) is 6.80. The number of benzene rings is 1. The smallest absolute Gasteiger partial charge is 0.243 e. The third kappa shape index (κ3) is 3.28. The van der Waals surface area contributed by atoms with Crippen LogP contribution in [0.25, 0.3) is 0 Å². The maximum absolute atomic E-state index is 12.9. The van der Waals surface area contributed by atoms with Gasteiger partial charge in [-0.3, -0.25) is 10.0 Å². The molecule has 0 radical (unpaired) electrons. The van der Waals surface area contributed by atoms with Gasteiger partial charge in [-0.1, -0.05) is 12.1 Å². The lowest BCUT2D eigenvalue weighted by Gasteiger charge is -1.98. The lowest BCUT2D eigenvalue weighted by atomic mass is 10.1. The van der Waals surface area contributed by atoms with Crippen molar-refractivity contribution in [1.82, 2.24) is 10.5 Å². The third-order valence-electron chi connectivity index (χ3n) is 3.71. The van der Waals surface area contributed by atoms with Crippen LogP contribution in [0.5, 0.6) is 0 Å². The van der Waals surface area contributed by atoms with Gasteiger partial charge in [0.1, 0.15) is 5.82 Å². The van der Waals surface area contributed by atoms with Crippen LogP contribution in [0, 0.1) is 5.82 Å². The van der Waals surface area contributed by atoms with Crippen LogP contribution in [0.1, 0.15) is 40.9 Å². The number of carbonyl (C=O) groups excluding carboxylic acids is 1. The summed E-state index contributed by atoms with van der Waals surface area (Å²) in [6.07, 6.45) is 1.79. The SMILES string of the molecule is O=C(CCc1csc(C2CC2c2ccc(F)cc2)n1)NO. The first kappa shape index (κ1) is 14.2. The summed E-state index contributed by atoms with van der Waals surface area (Å²) >= 11 is 1.60. The highest BCUT2D eigenvalue weighted by molar-refractivity contribution is 7.09. The molecule has 0 aliphatic heterocycles. The third-order valence-corrected chi connectivity index (χ3v) is 4.73. The number of aromatic nitrogens is 1. The summed E-state index contributed by atoms with van der Waals surface area (Å²) in [7, 11) is 0. The quantitative estimate of drug-likeness (QED) is 0.659. The molecule has 0 saturated heterocycles. The van der Waals surface area contributed by atoms with Crippen molar-refractivity contribution in [3.05, 3.63) is 51.7 Å². The summed E-state index contributed by atoms with van der Waals surface area (Å²) in [6.45, 7) is 0. The van der Waals surface area contributed by atoms with E-state index in [1.54, 1.807) is 16.8 Å². The number of amides is 1. The van der Waals surface area contributed by atoms with Crippen molar-refractivity contribution >= 4 is 17.2 Å². The highest BCUT2D eigenvalue weighted by Gasteiger charge is 2.41. The molecule has 21 heavy (non-hydrogen) atoms. The van der Waals surface area contributed by atoms with E-state index >= 15 is 0 Å². The number of carbonyl (C=O) groups is 1. The van der Waals surface area contributed by atoms with Gasteiger partial charge in [-0.2, -0.15) is 0 Å². The van der Waals surface area contributed by atoms with Crippen LogP contribution >= 0.6 is 11.3 Å². The minimum atomic E-state index is -0.403. The number of halogens is 1. The number of hydrogen-bond acceptors (Lipinski definition) is 4. The molecule has 2 atom stereocenters. The van der Waals surface area contributed by atoms with Crippen LogP contribution in [0.2, 0.25) is 0 Å². The summed E-state index contributed by atoms with van der Waals surface area (Å²) in [5.74, 6) is 0.209. The molecule has 0 bridgehead atoms. The van der Waals surface area contributed by atoms with Gasteiger partial charge in [0, 0.05) is 17.7 Å². The molecule has 3 rings (SSSR count). The van der Waals surface area contributed by atoms with Gasteiger partial charge in [0.05, 0.1) is 10.7 Å². The summed E-state index contributed by atoms with van der Waals surface area (Å²) in [5, 5.41) is 11.5. The topological polar surface area (TPSA) is 62.2 Å². The fourth-order valence-corrected chi connectivity index (χ4v) is 3.48. The van der Waals surface area contributed by atoms with Crippen molar-refractivity contribution in [1.29, 1.82) is 0 Å². The van der Waals surface area contributed by atoms with Crippen molar-refractivity contribution < 1.29 is 14.4 Å². The highest BCUT2D eigenvalue weighted by atomic mass is 32.1. The normalized spacial score (nSPS) is 20.3. The Kier molecular flexibility index (Phi) is 3.98. The summed E-state index contributed by atoms with van der Waals surface area (Å²) < 4.78 is 12.9. The molecule has 2 unspecified atom stereocenters. The number of nitrogens with zero attached hydrogens (tertiary/aromatic N) is 1. The van der Waals surface area contributed by atoms with Gasteiger partial charge < -0.3 is 0 Å². The predicted octanol–water partition coefficient (Wildman–Crippen LogP) is 2.99. The Bertz CT molecular complexity index is 641. The number of hydrogen-bond donors (Lipinski definition) is 2. The minimum absolute atomic E-state index is 0.213. The monoisotopic (exact) mass is 306 g/mol. The number of hydroxylamine groups is 1. The maximum atomic E-state index is 12.9. The van der Waals surface area contributed by atoms with E-state index in [1.165, 1.54) is 12.1 Å². The molecule has 1 amide bonds. The minimum Gasteiger partial charge on any atom is -0.289 e. The Labute approximate surface area is 125 Å². The zero-order valence-corrected chi connectivity index (χ0v) is 12.1. The Morgan fingerprint density at radius 1 is 1.38 bits per heavy atom. The first-order valence-corrected chi connectivity index (χ1v) is 7.68. The van der Waals surface area contributed by atoms with Crippen molar-refractivity contribution in [3.63, 3.8) is 0 Å². The van der Waals surface area contributed by atoms with Gasteiger partial charge >= 0.3 is 0 Å². The molecule has 1 aromatic heterocycles. The van der Waals surface area contributed by atoms with Gasteiger partial charge in [-0.25, -0.2) is 14.9 Å². The predicted molar refractivity (Wildman–Crippen MR) is 76.9 cm³/mol. The first-order chi connectivity index (χ1) is 10.2. The maximum Gasteiger partial charge on any atom is 0.243 e. The zero-order valence-electron chi connectivity index (χ0n) is 11.3. The van der Waals surface area contributed by atoms with E-state index in [0.717, 1.165) is 22.7 Å². The molecular formula is C15H15FN2O2S. The van der Waals surface area contributed by atoms with E-state index in [0.29, 0.717) is 18.3 Å². The molecule has 1 saturated carbocycles. The molecule has 1 heterocycles. The van der Waals surface area contributed by atoms with Crippen LogP contribution in [0.15, 0.2) is 29.6 Å². The standard InChI is InChI=1S/C15H15FN2O2S/c16-10-3-1-9(2-4-10)12-7-13(12)15-17-11(8-21-15)5-6-14(19)18-20/h1-4,8,12-13,20H,5-7H2,(H,18,19). The van der Waals surface area contributed by atoms with Crippen LogP contribution in [0.4, 0.5) is 4.39 Å². The van der Waals surface area contributed by atoms with Crippen LogP contribution < -0.4 is 5.48 Å². The van der Waals surface area contributed by atoms with Crippen molar-refractivity contribution in [2.75, 3.05) is 0 Å². The average Bonchev–Trinajstić information content (AvgIpc) is 3.16. The Balaban J connectivity index is 1.60. The molecular weight excluding hydrogens is 291 g/mol. The van der Waals surface area contributed by atoms with Gasteiger partial charge in [-0.05, 0) is 36.5 Å². The molecule has 110 valence electrons. The number of aryl methyl sites for hydroxylation is 1. The fourth-order valence-electron chi connectivity index (χ4n) is 2.45. The lowest BCUT2D eigenvalue weighted by Crippen LogP contribution is -2.18. The second-order valence-electron chi connectivity index (χ2n) is 5.21. The largest absolute Gasteiger partial charge is 0.289 e. The number of rotatable bonds is 5. The van der Waals surface area contributed by atoms with Crippen LogP contribution in [-0.2, 0) is 11.2 Å². The van der Waals surface area contributed by atoms with E-state index < -0.39 is 5.91 Å². The van der Waals surface area contributed by atoms with Gasteiger partial charge in [0.2, 0.25) is 5.91 Å². The molecule has 6 heteroatoms. The Morgan fingerprint density at radius 2 is 2.14 bits per heavy atom. The summed E-state index contributed by atoms with van der Waals surface area (Å²) in [6, 6.07) is 6.65. The van der Waals surface area contributed by atoms with E-state index in [2.05, 4.69) is 4.98 Å². The van der Waals surface area contributed by atoms with E-state index in [1.807, 2.05) is 17.5 Å². The van der Waals surface area contributed by atoms with Gasteiger partial charge in [0.15, 0.2) is 0 Å². The van der Waals surface area contributed by atoms with Crippen molar-refractivity contribution in [3.8, 4) is 0 Å². The summed E-state index contributed by atoms with van der Waals surface area (Å²) in [4.78, 5) is 15.5. The number of nitrogens with one attached hydrogen (secondary N) is 1. The average molecular weight is 306 g/mol. The molecule has 2 aromatic rings. The zero-order chi connectivity index (χ0) is 14.8. The lowest BCUT2D eigenvalue weighted by molar-refractivity contribution is -0.129. The Morgan fingerprint density at radius 3 is 2.86 bits per heavy atom. The van der Waals surface area contributed by atoms with Crippen LogP contribution in [-0.4, -0.2) is 16.1 Å². The highest BCUT2D eigenvalue weighted by Crippen LogP contribution is 2.55. The molecule has 4 nitrogen and oxygen atoms in total. The summed E-state index contributed by atoms with van der Waals surface area (Å²) in [5.41, 5.74) is 3.65. The number of thiazole rings is 1. The van der Waals surface area contributed by atoms with Crippen LogP contribution in [0.3, 0.4) is 0 Å². The van der Waals surface area contributed by atoms with Crippen molar-refractivity contribution in [2.45, 2.75) is 31.1 Å². The fraction of sp³-hybridized carbons (Fsp3) is 0.333. The molecule has 1 aromatic carbocycles. The van der Waals surface area contributed by atoms with E-state index in [-0.39, 0.29) is 12.2 Å². The van der Waals surface area contributed by atoms with E-state index in [9.17, 15) is 9.18 Å². The van der Waals surface area contributed by atoms with Gasteiger partial charge in [0.25, 0.3) is 0 Å². The second kappa shape index (κ2) is 5.91. The molecule has 1 fully saturated rings. The molecule has 2 N–H and O–H groups in total. The second-order valence-corrected chi connectivity index (χ2v) is 6.10. The molecule has 1 aliphatic carbocycles. The Hall–Kier alpha value is -1.79.